The molecular weight excluding hydrogens is 234 g/mol. The number of β-amino-alcohol motifs (C(OH)–C–C–N with tert-alkyl or cyclic N) is 1. The van der Waals surface area contributed by atoms with E-state index in [1.165, 1.54) is 0 Å². The molecule has 5 heteroatoms. The Kier molecular flexibility index (Phi) is 3.59. The van der Waals surface area contributed by atoms with Crippen LogP contribution >= 0.6 is 12.2 Å². The number of aryl methyl sites for hydroxylation is 1. The molecule has 1 aliphatic heterocycles. The van der Waals surface area contributed by atoms with E-state index in [-0.39, 0.29) is 6.10 Å². The lowest BCUT2D eigenvalue weighted by atomic mass is 10.1. The predicted octanol–water partition coefficient (Wildman–Crippen LogP) is 0.985. The van der Waals surface area contributed by atoms with Crippen molar-refractivity contribution in [2.45, 2.75) is 25.9 Å². The zero-order valence-corrected chi connectivity index (χ0v) is 10.7. The number of nitrogens with two attached hydrogens (primary N) is 1. The number of hydrogen-bond acceptors (Lipinski definition) is 4. The number of aromatic nitrogens is 1. The minimum absolute atomic E-state index is 0.287. The number of aliphatic hydroxyl groups excluding tert-OH is 1. The maximum atomic E-state index is 9.71. The van der Waals surface area contributed by atoms with Gasteiger partial charge in [-0.3, -0.25) is 0 Å². The molecular formula is C12H17N3OS. The number of nitrogens with zero attached hydrogens (tertiary/aromatic N) is 2. The van der Waals surface area contributed by atoms with Crippen molar-refractivity contribution < 1.29 is 5.11 Å². The molecule has 0 radical (unpaired) electrons. The molecule has 2 rings (SSSR count). The van der Waals surface area contributed by atoms with Crippen LogP contribution in [0.15, 0.2) is 12.3 Å². The smallest absolute Gasteiger partial charge is 0.139 e. The molecule has 0 amide bonds. The molecule has 92 valence electrons. The largest absolute Gasteiger partial charge is 0.391 e. The lowest BCUT2D eigenvalue weighted by Gasteiger charge is -2.32. The lowest BCUT2D eigenvalue weighted by Crippen LogP contribution is -2.40. The molecule has 1 fully saturated rings. The zero-order valence-electron chi connectivity index (χ0n) is 9.89. The van der Waals surface area contributed by atoms with Gasteiger partial charge in [-0.05, 0) is 31.4 Å². The van der Waals surface area contributed by atoms with Gasteiger partial charge in [0, 0.05) is 19.3 Å². The van der Waals surface area contributed by atoms with E-state index in [9.17, 15) is 5.11 Å². The second-order valence-corrected chi connectivity index (χ2v) is 4.87. The number of thiocarbonyl (C=S) groups is 1. The third kappa shape index (κ3) is 2.56. The topological polar surface area (TPSA) is 62.4 Å². The second kappa shape index (κ2) is 4.98. The highest BCUT2D eigenvalue weighted by atomic mass is 32.1. The minimum Gasteiger partial charge on any atom is -0.391 e. The summed E-state index contributed by atoms with van der Waals surface area (Å²) in [6.45, 7) is 3.47. The molecule has 17 heavy (non-hydrogen) atoms. The standard InChI is InChI=1S/C12H17N3OS/c1-8-4-5-14-12(10(8)11(13)17)15-6-2-3-9(16)7-15/h4-5,9,16H,2-3,6-7H2,1H3,(H2,13,17). The van der Waals surface area contributed by atoms with Crippen LogP contribution in [0.4, 0.5) is 5.82 Å². The maximum Gasteiger partial charge on any atom is 0.139 e. The molecule has 1 aromatic heterocycles. The van der Waals surface area contributed by atoms with Gasteiger partial charge < -0.3 is 15.7 Å². The Morgan fingerprint density at radius 3 is 3.06 bits per heavy atom. The molecule has 0 aliphatic carbocycles. The molecule has 2 heterocycles. The summed E-state index contributed by atoms with van der Waals surface area (Å²) < 4.78 is 0. The highest BCUT2D eigenvalue weighted by Gasteiger charge is 2.22. The van der Waals surface area contributed by atoms with Crippen LogP contribution in [0.1, 0.15) is 24.0 Å². The van der Waals surface area contributed by atoms with E-state index >= 15 is 0 Å². The van der Waals surface area contributed by atoms with Gasteiger partial charge in [0.05, 0.1) is 11.7 Å². The van der Waals surface area contributed by atoms with E-state index in [0.29, 0.717) is 11.5 Å². The molecule has 1 aromatic rings. The van der Waals surface area contributed by atoms with Gasteiger partial charge in [-0.1, -0.05) is 12.2 Å². The number of aliphatic hydroxyl groups is 1. The fourth-order valence-corrected chi connectivity index (χ4v) is 2.49. The van der Waals surface area contributed by atoms with Gasteiger partial charge in [0.1, 0.15) is 10.8 Å². The van der Waals surface area contributed by atoms with Crippen molar-refractivity contribution >= 4 is 23.0 Å². The lowest BCUT2D eigenvalue weighted by molar-refractivity contribution is 0.154. The summed E-state index contributed by atoms with van der Waals surface area (Å²) in [6, 6.07) is 1.90. The van der Waals surface area contributed by atoms with Gasteiger partial charge in [-0.25, -0.2) is 4.98 Å². The summed E-state index contributed by atoms with van der Waals surface area (Å²) in [5, 5.41) is 9.71. The first-order valence-electron chi connectivity index (χ1n) is 5.78. The summed E-state index contributed by atoms with van der Waals surface area (Å²) in [5.74, 6) is 0.802. The van der Waals surface area contributed by atoms with Crippen molar-refractivity contribution in [3.8, 4) is 0 Å². The molecule has 0 saturated carbocycles. The van der Waals surface area contributed by atoms with Crippen LogP contribution in [0, 0.1) is 6.92 Å². The normalized spacial score (nSPS) is 20.4. The Hall–Kier alpha value is -1.20. The molecule has 4 nitrogen and oxygen atoms in total. The Morgan fingerprint density at radius 2 is 2.41 bits per heavy atom. The van der Waals surface area contributed by atoms with E-state index in [1.54, 1.807) is 6.20 Å². The molecule has 0 bridgehead atoms. The fraction of sp³-hybridized carbons (Fsp3) is 0.500. The zero-order chi connectivity index (χ0) is 12.4. The SMILES string of the molecule is Cc1ccnc(N2CCCC(O)C2)c1C(N)=S. The average Bonchev–Trinajstić information content (AvgIpc) is 2.28. The third-order valence-electron chi connectivity index (χ3n) is 3.08. The Balaban J connectivity index is 2.37. The molecule has 1 unspecified atom stereocenters. The third-order valence-corrected chi connectivity index (χ3v) is 3.29. The number of anilines is 1. The van der Waals surface area contributed by atoms with Crippen molar-refractivity contribution in [3.63, 3.8) is 0 Å². The average molecular weight is 251 g/mol. The van der Waals surface area contributed by atoms with E-state index in [2.05, 4.69) is 9.88 Å². The van der Waals surface area contributed by atoms with Crippen LogP contribution in [0.2, 0.25) is 0 Å². The highest BCUT2D eigenvalue weighted by molar-refractivity contribution is 7.80. The van der Waals surface area contributed by atoms with Crippen LogP contribution in [-0.4, -0.2) is 34.3 Å². The van der Waals surface area contributed by atoms with Crippen molar-refractivity contribution in [2.75, 3.05) is 18.0 Å². The summed E-state index contributed by atoms with van der Waals surface area (Å²) in [7, 11) is 0. The molecule has 3 N–H and O–H groups in total. The first-order chi connectivity index (χ1) is 8.09. The van der Waals surface area contributed by atoms with Gasteiger partial charge in [0.25, 0.3) is 0 Å². The van der Waals surface area contributed by atoms with Crippen molar-refractivity contribution in [3.05, 3.63) is 23.4 Å². The van der Waals surface area contributed by atoms with E-state index in [4.69, 9.17) is 18.0 Å². The minimum atomic E-state index is -0.287. The van der Waals surface area contributed by atoms with Gasteiger partial charge in [-0.2, -0.15) is 0 Å². The number of piperidine rings is 1. The molecule has 1 aliphatic rings. The van der Waals surface area contributed by atoms with Gasteiger partial charge in [0.2, 0.25) is 0 Å². The van der Waals surface area contributed by atoms with Crippen molar-refractivity contribution in [2.24, 2.45) is 5.73 Å². The quantitative estimate of drug-likeness (QED) is 0.767. The van der Waals surface area contributed by atoms with Crippen LogP contribution in [0.25, 0.3) is 0 Å². The molecule has 0 spiro atoms. The van der Waals surface area contributed by atoms with Crippen LogP contribution in [0.5, 0.6) is 0 Å². The van der Waals surface area contributed by atoms with Crippen LogP contribution < -0.4 is 10.6 Å². The summed E-state index contributed by atoms with van der Waals surface area (Å²) in [4.78, 5) is 6.80. The first kappa shape index (κ1) is 12.3. The van der Waals surface area contributed by atoms with E-state index in [0.717, 1.165) is 36.3 Å². The number of pyridine rings is 1. The molecule has 1 saturated heterocycles. The van der Waals surface area contributed by atoms with Gasteiger partial charge in [-0.15, -0.1) is 0 Å². The van der Waals surface area contributed by atoms with Gasteiger partial charge >= 0.3 is 0 Å². The van der Waals surface area contributed by atoms with Crippen molar-refractivity contribution in [1.29, 1.82) is 0 Å². The molecule has 0 aromatic carbocycles. The summed E-state index contributed by atoms with van der Waals surface area (Å²) in [6.07, 6.45) is 3.29. The predicted molar refractivity (Wildman–Crippen MR) is 72.3 cm³/mol. The number of hydrogen-bond donors (Lipinski definition) is 2. The second-order valence-electron chi connectivity index (χ2n) is 4.43. The first-order valence-corrected chi connectivity index (χ1v) is 6.19. The summed E-state index contributed by atoms with van der Waals surface area (Å²) in [5.41, 5.74) is 7.62. The Morgan fingerprint density at radius 1 is 1.65 bits per heavy atom. The Labute approximate surface area is 106 Å². The van der Waals surface area contributed by atoms with Crippen LogP contribution in [0.3, 0.4) is 0 Å². The summed E-state index contributed by atoms with van der Waals surface area (Å²) >= 11 is 5.08. The van der Waals surface area contributed by atoms with Gasteiger partial charge in [0.15, 0.2) is 0 Å². The highest BCUT2D eigenvalue weighted by Crippen LogP contribution is 2.24. The number of rotatable bonds is 2. The van der Waals surface area contributed by atoms with E-state index < -0.39 is 0 Å². The monoisotopic (exact) mass is 251 g/mol. The fourth-order valence-electron chi connectivity index (χ4n) is 2.24. The van der Waals surface area contributed by atoms with Crippen molar-refractivity contribution in [1.82, 2.24) is 4.98 Å². The van der Waals surface area contributed by atoms with Crippen LogP contribution in [-0.2, 0) is 0 Å². The maximum absolute atomic E-state index is 9.71. The Bertz CT molecular complexity index is 436. The molecule has 1 atom stereocenters. The van der Waals surface area contributed by atoms with E-state index in [1.807, 2.05) is 13.0 Å².